The van der Waals surface area contributed by atoms with Gasteiger partial charge in [-0.25, -0.2) is 4.98 Å². The summed E-state index contributed by atoms with van der Waals surface area (Å²) < 4.78 is 0. The molecule has 4 heteroatoms. The molecule has 1 saturated heterocycles. The summed E-state index contributed by atoms with van der Waals surface area (Å²) in [5.74, 6) is 0. The van der Waals surface area contributed by atoms with E-state index in [0.29, 0.717) is 12.1 Å². The number of nitrogens with one attached hydrogen (secondary N) is 2. The molecule has 0 spiro atoms. The van der Waals surface area contributed by atoms with Gasteiger partial charge in [-0.3, -0.25) is 0 Å². The van der Waals surface area contributed by atoms with Gasteiger partial charge in [-0.1, -0.05) is 6.42 Å². The first-order valence-electron chi connectivity index (χ1n) is 5.72. The van der Waals surface area contributed by atoms with Gasteiger partial charge in [0.05, 0.1) is 6.04 Å². The van der Waals surface area contributed by atoms with E-state index in [0.717, 1.165) is 6.54 Å². The topological polar surface area (TPSA) is 37.0 Å². The number of rotatable bonds is 4. The molecule has 2 atom stereocenters. The Labute approximate surface area is 95.3 Å². The third-order valence-electron chi connectivity index (χ3n) is 2.90. The molecule has 0 aliphatic carbocycles. The minimum atomic E-state index is 0.383. The van der Waals surface area contributed by atoms with Crippen molar-refractivity contribution in [2.75, 3.05) is 13.1 Å². The van der Waals surface area contributed by atoms with Crippen molar-refractivity contribution in [3.63, 3.8) is 0 Å². The van der Waals surface area contributed by atoms with Gasteiger partial charge in [0.1, 0.15) is 5.01 Å². The molecule has 0 radical (unpaired) electrons. The number of piperidine rings is 1. The van der Waals surface area contributed by atoms with Crippen molar-refractivity contribution in [2.24, 2.45) is 0 Å². The fourth-order valence-electron chi connectivity index (χ4n) is 1.95. The van der Waals surface area contributed by atoms with Crippen LogP contribution in [0.2, 0.25) is 0 Å². The quantitative estimate of drug-likeness (QED) is 0.822. The minimum Gasteiger partial charge on any atom is -0.313 e. The molecule has 0 saturated carbocycles. The van der Waals surface area contributed by atoms with Crippen LogP contribution in [0.5, 0.6) is 0 Å². The van der Waals surface area contributed by atoms with Crippen LogP contribution in [-0.4, -0.2) is 24.1 Å². The average molecular weight is 225 g/mol. The lowest BCUT2D eigenvalue weighted by atomic mass is 10.1. The van der Waals surface area contributed by atoms with Gasteiger partial charge in [-0.2, -0.15) is 0 Å². The highest BCUT2D eigenvalue weighted by atomic mass is 32.1. The third kappa shape index (κ3) is 3.26. The first kappa shape index (κ1) is 11.0. The van der Waals surface area contributed by atoms with Crippen LogP contribution in [0.15, 0.2) is 11.6 Å². The summed E-state index contributed by atoms with van der Waals surface area (Å²) in [7, 11) is 0. The van der Waals surface area contributed by atoms with Crippen LogP contribution < -0.4 is 10.6 Å². The molecular formula is C11H19N3S. The molecule has 0 unspecified atom stereocenters. The van der Waals surface area contributed by atoms with Gasteiger partial charge in [0.25, 0.3) is 0 Å². The highest BCUT2D eigenvalue weighted by Crippen LogP contribution is 2.15. The lowest BCUT2D eigenvalue weighted by Gasteiger charge is -2.25. The van der Waals surface area contributed by atoms with Crippen molar-refractivity contribution in [3.05, 3.63) is 16.6 Å². The Hall–Kier alpha value is -0.450. The number of hydrogen-bond acceptors (Lipinski definition) is 4. The largest absolute Gasteiger partial charge is 0.313 e. The van der Waals surface area contributed by atoms with Crippen molar-refractivity contribution in [1.82, 2.24) is 15.6 Å². The average Bonchev–Trinajstić information content (AvgIpc) is 2.81. The van der Waals surface area contributed by atoms with E-state index in [4.69, 9.17) is 0 Å². The van der Waals surface area contributed by atoms with E-state index in [1.165, 1.54) is 30.8 Å². The third-order valence-corrected chi connectivity index (χ3v) is 3.86. The Morgan fingerprint density at radius 3 is 3.27 bits per heavy atom. The summed E-state index contributed by atoms with van der Waals surface area (Å²) in [4.78, 5) is 4.32. The van der Waals surface area contributed by atoms with Crippen LogP contribution >= 0.6 is 11.3 Å². The maximum absolute atomic E-state index is 4.32. The number of hydrogen-bond donors (Lipinski definition) is 2. The highest BCUT2D eigenvalue weighted by molar-refractivity contribution is 7.09. The smallest absolute Gasteiger partial charge is 0.109 e. The van der Waals surface area contributed by atoms with Crippen molar-refractivity contribution in [1.29, 1.82) is 0 Å². The van der Waals surface area contributed by atoms with Gasteiger partial charge >= 0.3 is 0 Å². The highest BCUT2D eigenvalue weighted by Gasteiger charge is 2.14. The van der Waals surface area contributed by atoms with Crippen LogP contribution in [0.3, 0.4) is 0 Å². The first-order chi connectivity index (χ1) is 7.36. The molecule has 1 aromatic rings. The Bertz CT molecular complexity index is 267. The van der Waals surface area contributed by atoms with Crippen LogP contribution in [0.25, 0.3) is 0 Å². The van der Waals surface area contributed by atoms with Crippen molar-refractivity contribution in [3.8, 4) is 0 Å². The zero-order valence-corrected chi connectivity index (χ0v) is 10.0. The summed E-state index contributed by atoms with van der Waals surface area (Å²) >= 11 is 1.72. The van der Waals surface area contributed by atoms with E-state index in [1.807, 2.05) is 11.6 Å². The van der Waals surface area contributed by atoms with Crippen molar-refractivity contribution >= 4 is 11.3 Å². The van der Waals surface area contributed by atoms with Crippen molar-refractivity contribution in [2.45, 2.75) is 38.3 Å². The minimum absolute atomic E-state index is 0.383. The molecule has 1 aliphatic heterocycles. The van der Waals surface area contributed by atoms with Crippen LogP contribution in [-0.2, 0) is 0 Å². The van der Waals surface area contributed by atoms with Gasteiger partial charge in [0, 0.05) is 24.2 Å². The summed E-state index contributed by atoms with van der Waals surface area (Å²) in [6.07, 6.45) is 5.87. The van der Waals surface area contributed by atoms with E-state index in [1.54, 1.807) is 11.3 Å². The van der Waals surface area contributed by atoms with Gasteiger partial charge in [0.2, 0.25) is 0 Å². The summed E-state index contributed by atoms with van der Waals surface area (Å²) in [6, 6.07) is 1.04. The SMILES string of the molecule is C[C@@H](NC[C@@H]1CCCCN1)c1nccs1. The van der Waals surface area contributed by atoms with Gasteiger partial charge in [-0.05, 0) is 26.3 Å². The van der Waals surface area contributed by atoms with E-state index in [-0.39, 0.29) is 0 Å². The molecule has 2 N–H and O–H groups in total. The molecule has 2 heterocycles. The molecule has 1 aliphatic rings. The van der Waals surface area contributed by atoms with Gasteiger partial charge in [-0.15, -0.1) is 11.3 Å². The second kappa shape index (κ2) is 5.58. The molecule has 2 rings (SSSR count). The summed E-state index contributed by atoms with van der Waals surface area (Å²) in [5.41, 5.74) is 0. The van der Waals surface area contributed by atoms with Gasteiger partial charge in [0.15, 0.2) is 0 Å². The molecular weight excluding hydrogens is 206 g/mol. The first-order valence-corrected chi connectivity index (χ1v) is 6.60. The standard InChI is InChI=1S/C11H19N3S/c1-9(11-13-6-7-15-11)14-8-10-4-2-3-5-12-10/h6-7,9-10,12,14H,2-5,8H2,1H3/t9-,10+/m1/s1. The molecule has 1 aromatic heterocycles. The Kier molecular flexibility index (Phi) is 4.11. The maximum Gasteiger partial charge on any atom is 0.109 e. The van der Waals surface area contributed by atoms with Crippen LogP contribution in [0.1, 0.15) is 37.2 Å². The Morgan fingerprint density at radius 2 is 2.60 bits per heavy atom. The molecule has 1 fully saturated rings. The number of thiazole rings is 1. The lowest BCUT2D eigenvalue weighted by Crippen LogP contribution is -2.42. The van der Waals surface area contributed by atoms with E-state index in [9.17, 15) is 0 Å². The van der Waals surface area contributed by atoms with E-state index in [2.05, 4.69) is 22.5 Å². The number of nitrogens with zero attached hydrogens (tertiary/aromatic N) is 1. The molecule has 3 nitrogen and oxygen atoms in total. The predicted molar refractivity (Wildman–Crippen MR) is 64.2 cm³/mol. The maximum atomic E-state index is 4.32. The zero-order valence-electron chi connectivity index (χ0n) is 9.20. The Balaban J connectivity index is 1.73. The van der Waals surface area contributed by atoms with E-state index < -0.39 is 0 Å². The summed E-state index contributed by atoms with van der Waals surface area (Å²) in [6.45, 7) is 4.42. The fraction of sp³-hybridized carbons (Fsp3) is 0.727. The van der Waals surface area contributed by atoms with Gasteiger partial charge < -0.3 is 10.6 Å². The molecule has 84 valence electrons. The molecule has 15 heavy (non-hydrogen) atoms. The number of aromatic nitrogens is 1. The second-order valence-corrected chi connectivity index (χ2v) is 5.07. The second-order valence-electron chi connectivity index (χ2n) is 4.15. The molecule has 0 aromatic carbocycles. The van der Waals surface area contributed by atoms with Crippen molar-refractivity contribution < 1.29 is 0 Å². The Morgan fingerprint density at radius 1 is 1.67 bits per heavy atom. The van der Waals surface area contributed by atoms with Crippen LogP contribution in [0, 0.1) is 0 Å². The zero-order chi connectivity index (χ0) is 10.5. The van der Waals surface area contributed by atoms with Crippen LogP contribution in [0.4, 0.5) is 0 Å². The normalized spacial score (nSPS) is 23.9. The fourth-order valence-corrected chi connectivity index (χ4v) is 2.62. The predicted octanol–water partition coefficient (Wildman–Crippen LogP) is 1.94. The van der Waals surface area contributed by atoms with E-state index >= 15 is 0 Å². The summed E-state index contributed by atoms with van der Waals surface area (Å²) in [5, 5.41) is 10.3. The molecule has 0 bridgehead atoms. The lowest BCUT2D eigenvalue weighted by molar-refractivity contribution is 0.371. The molecule has 0 amide bonds. The monoisotopic (exact) mass is 225 g/mol.